The third-order valence-electron chi connectivity index (χ3n) is 3.05. The van der Waals surface area contributed by atoms with E-state index in [1.165, 1.54) is 25.9 Å². The molecule has 1 unspecified atom stereocenters. The van der Waals surface area contributed by atoms with Crippen molar-refractivity contribution < 1.29 is 5.11 Å². The number of hydrogen-bond acceptors (Lipinski definition) is 3. The zero-order valence-electron chi connectivity index (χ0n) is 8.97. The van der Waals surface area contributed by atoms with Crippen molar-refractivity contribution in [2.24, 2.45) is 0 Å². The van der Waals surface area contributed by atoms with E-state index in [4.69, 9.17) is 0 Å². The summed E-state index contributed by atoms with van der Waals surface area (Å²) in [5.74, 6) is 0.219. The van der Waals surface area contributed by atoms with Gasteiger partial charge < -0.3 is 10.0 Å². The number of likely N-dealkylation sites (tertiary alicyclic amines) is 1. The molecule has 1 N–H and O–H groups in total. The molecule has 82 valence electrons. The predicted octanol–water partition coefficient (Wildman–Crippen LogP) is 1.25. The van der Waals surface area contributed by atoms with E-state index < -0.39 is 0 Å². The molecule has 0 spiro atoms. The Labute approximate surface area is 90.8 Å². The smallest absolute Gasteiger partial charge is 0.0512 e. The lowest BCUT2D eigenvalue weighted by Crippen LogP contribution is -2.27. The van der Waals surface area contributed by atoms with Crippen LogP contribution in [0.25, 0.3) is 0 Å². The second kappa shape index (κ2) is 5.24. The van der Waals surface area contributed by atoms with Crippen LogP contribution in [0.2, 0.25) is 0 Å². The molecule has 1 saturated heterocycles. The fourth-order valence-electron chi connectivity index (χ4n) is 2.16. The lowest BCUT2D eigenvalue weighted by Gasteiger charge is -2.21. The van der Waals surface area contributed by atoms with Gasteiger partial charge in [-0.3, -0.25) is 4.98 Å². The van der Waals surface area contributed by atoms with Gasteiger partial charge in [0.05, 0.1) is 6.61 Å². The molecule has 0 radical (unpaired) electrons. The lowest BCUT2D eigenvalue weighted by molar-refractivity contribution is 0.220. The van der Waals surface area contributed by atoms with E-state index in [0.29, 0.717) is 0 Å². The summed E-state index contributed by atoms with van der Waals surface area (Å²) in [5, 5.41) is 9.39. The first-order valence-corrected chi connectivity index (χ1v) is 5.63. The van der Waals surface area contributed by atoms with E-state index >= 15 is 0 Å². The third-order valence-corrected chi connectivity index (χ3v) is 3.05. The number of aliphatic hydroxyl groups excluding tert-OH is 1. The summed E-state index contributed by atoms with van der Waals surface area (Å²) in [7, 11) is 0. The first-order chi connectivity index (χ1) is 7.40. The Balaban J connectivity index is 1.97. The molecule has 0 saturated carbocycles. The highest BCUT2D eigenvalue weighted by Crippen LogP contribution is 2.18. The standard InChI is InChI=1S/C12H18N2O/c15-10-12(9-14-6-1-2-7-14)11-4-3-5-13-8-11/h3-5,8,12,15H,1-2,6-7,9-10H2. The van der Waals surface area contributed by atoms with Crippen molar-refractivity contribution in [2.45, 2.75) is 18.8 Å². The molecule has 0 aliphatic carbocycles. The fraction of sp³-hybridized carbons (Fsp3) is 0.583. The lowest BCUT2D eigenvalue weighted by atomic mass is 10.0. The Kier molecular flexibility index (Phi) is 3.69. The van der Waals surface area contributed by atoms with Gasteiger partial charge in [0.15, 0.2) is 0 Å². The summed E-state index contributed by atoms with van der Waals surface area (Å²) in [6.07, 6.45) is 6.22. The van der Waals surface area contributed by atoms with Crippen LogP contribution in [-0.2, 0) is 0 Å². The van der Waals surface area contributed by atoms with E-state index in [-0.39, 0.29) is 12.5 Å². The molecule has 1 aromatic heterocycles. The second-order valence-corrected chi connectivity index (χ2v) is 4.17. The molecule has 1 atom stereocenters. The monoisotopic (exact) mass is 206 g/mol. The maximum absolute atomic E-state index is 9.39. The van der Waals surface area contributed by atoms with Crippen LogP contribution in [0.3, 0.4) is 0 Å². The molecule has 0 amide bonds. The molecular weight excluding hydrogens is 188 g/mol. The normalized spacial score (nSPS) is 19.3. The van der Waals surface area contributed by atoms with Crippen molar-refractivity contribution in [2.75, 3.05) is 26.2 Å². The Morgan fingerprint density at radius 1 is 1.40 bits per heavy atom. The number of aromatic nitrogens is 1. The average molecular weight is 206 g/mol. The van der Waals surface area contributed by atoms with Crippen LogP contribution < -0.4 is 0 Å². The highest BCUT2D eigenvalue weighted by atomic mass is 16.3. The van der Waals surface area contributed by atoms with Crippen LogP contribution in [-0.4, -0.2) is 41.2 Å². The summed E-state index contributed by atoms with van der Waals surface area (Å²) in [6, 6.07) is 3.98. The van der Waals surface area contributed by atoms with Crippen molar-refractivity contribution >= 4 is 0 Å². The molecule has 15 heavy (non-hydrogen) atoms. The van der Waals surface area contributed by atoms with Crippen LogP contribution >= 0.6 is 0 Å². The van der Waals surface area contributed by atoms with Gasteiger partial charge in [-0.05, 0) is 37.6 Å². The minimum absolute atomic E-state index is 0.211. The van der Waals surface area contributed by atoms with Crippen molar-refractivity contribution in [3.8, 4) is 0 Å². The summed E-state index contributed by atoms with van der Waals surface area (Å²) in [6.45, 7) is 3.53. The van der Waals surface area contributed by atoms with Crippen LogP contribution in [0.5, 0.6) is 0 Å². The fourth-order valence-corrected chi connectivity index (χ4v) is 2.16. The number of pyridine rings is 1. The number of aliphatic hydroxyl groups is 1. The van der Waals surface area contributed by atoms with Gasteiger partial charge in [-0.15, -0.1) is 0 Å². The SMILES string of the molecule is OCC(CN1CCCC1)c1cccnc1. The molecule has 1 aliphatic rings. The largest absolute Gasteiger partial charge is 0.396 e. The van der Waals surface area contributed by atoms with Crippen LogP contribution in [0.15, 0.2) is 24.5 Å². The van der Waals surface area contributed by atoms with E-state index in [1.54, 1.807) is 6.20 Å². The summed E-state index contributed by atoms with van der Waals surface area (Å²) in [5.41, 5.74) is 1.15. The molecule has 3 nitrogen and oxygen atoms in total. The Morgan fingerprint density at radius 3 is 2.80 bits per heavy atom. The molecule has 1 fully saturated rings. The van der Waals surface area contributed by atoms with Crippen LogP contribution in [0.1, 0.15) is 24.3 Å². The molecule has 2 rings (SSSR count). The van der Waals surface area contributed by atoms with Crippen LogP contribution in [0.4, 0.5) is 0 Å². The molecule has 0 bridgehead atoms. The van der Waals surface area contributed by atoms with E-state index in [2.05, 4.69) is 9.88 Å². The Bertz CT molecular complexity index is 283. The molecule has 1 aromatic rings. The number of nitrogens with zero attached hydrogens (tertiary/aromatic N) is 2. The molecule has 2 heterocycles. The van der Waals surface area contributed by atoms with E-state index in [9.17, 15) is 5.11 Å². The minimum atomic E-state index is 0.211. The van der Waals surface area contributed by atoms with E-state index in [0.717, 1.165) is 12.1 Å². The van der Waals surface area contributed by atoms with Crippen molar-refractivity contribution in [3.63, 3.8) is 0 Å². The minimum Gasteiger partial charge on any atom is -0.396 e. The van der Waals surface area contributed by atoms with Crippen molar-refractivity contribution in [1.29, 1.82) is 0 Å². The predicted molar refractivity (Wildman–Crippen MR) is 59.7 cm³/mol. The topological polar surface area (TPSA) is 36.4 Å². The van der Waals surface area contributed by atoms with Gasteiger partial charge in [0.25, 0.3) is 0 Å². The summed E-state index contributed by atoms with van der Waals surface area (Å²) >= 11 is 0. The molecule has 1 aliphatic heterocycles. The third kappa shape index (κ3) is 2.76. The van der Waals surface area contributed by atoms with E-state index in [1.807, 2.05) is 18.3 Å². The Hall–Kier alpha value is -0.930. The quantitative estimate of drug-likeness (QED) is 0.805. The zero-order valence-corrected chi connectivity index (χ0v) is 8.97. The van der Waals surface area contributed by atoms with Gasteiger partial charge >= 0.3 is 0 Å². The highest BCUT2D eigenvalue weighted by Gasteiger charge is 2.18. The van der Waals surface area contributed by atoms with Gasteiger partial charge in [0, 0.05) is 24.9 Å². The highest BCUT2D eigenvalue weighted by molar-refractivity contribution is 5.15. The summed E-state index contributed by atoms with van der Waals surface area (Å²) < 4.78 is 0. The maximum Gasteiger partial charge on any atom is 0.0512 e. The van der Waals surface area contributed by atoms with Gasteiger partial charge in [-0.1, -0.05) is 6.07 Å². The first-order valence-electron chi connectivity index (χ1n) is 5.63. The van der Waals surface area contributed by atoms with Gasteiger partial charge in [0.1, 0.15) is 0 Å². The summed E-state index contributed by atoms with van der Waals surface area (Å²) in [4.78, 5) is 6.52. The molecule has 0 aromatic carbocycles. The molecular formula is C12H18N2O. The second-order valence-electron chi connectivity index (χ2n) is 4.17. The van der Waals surface area contributed by atoms with Crippen molar-refractivity contribution in [3.05, 3.63) is 30.1 Å². The number of hydrogen-bond donors (Lipinski definition) is 1. The van der Waals surface area contributed by atoms with Gasteiger partial charge in [0.2, 0.25) is 0 Å². The van der Waals surface area contributed by atoms with Crippen LogP contribution in [0, 0.1) is 0 Å². The zero-order chi connectivity index (χ0) is 10.5. The van der Waals surface area contributed by atoms with Gasteiger partial charge in [-0.25, -0.2) is 0 Å². The Morgan fingerprint density at radius 2 is 2.20 bits per heavy atom. The number of rotatable bonds is 4. The average Bonchev–Trinajstić information content (AvgIpc) is 2.80. The van der Waals surface area contributed by atoms with Crippen molar-refractivity contribution in [1.82, 2.24) is 9.88 Å². The van der Waals surface area contributed by atoms with Gasteiger partial charge in [-0.2, -0.15) is 0 Å². The maximum atomic E-state index is 9.39. The molecule has 3 heteroatoms. The first kappa shape index (κ1) is 10.6.